The van der Waals surface area contributed by atoms with Gasteiger partial charge in [-0.15, -0.1) is 0 Å². The van der Waals surface area contributed by atoms with E-state index in [2.05, 4.69) is 4.72 Å². The van der Waals surface area contributed by atoms with Crippen LogP contribution in [0.15, 0.2) is 17.0 Å². The number of hydrogen-bond donors (Lipinski definition) is 1. The number of rotatable bonds is 6. The van der Waals surface area contributed by atoms with Crippen LogP contribution in [-0.2, 0) is 10.0 Å². The minimum atomic E-state index is -3.91. The molecule has 0 radical (unpaired) electrons. The van der Waals surface area contributed by atoms with Crippen LogP contribution in [0, 0.1) is 34.7 Å². The zero-order chi connectivity index (χ0) is 16.4. The second-order valence-corrected chi connectivity index (χ2v) is 7.17. The van der Waals surface area contributed by atoms with Crippen molar-refractivity contribution in [2.75, 3.05) is 6.54 Å². The molecule has 0 saturated carbocycles. The fraction of sp³-hybridized carbons (Fsp3) is 0.538. The number of nitro groups is 1. The molecule has 0 amide bonds. The van der Waals surface area contributed by atoms with Crippen molar-refractivity contribution in [3.63, 3.8) is 0 Å². The molecule has 0 saturated heterocycles. The van der Waals surface area contributed by atoms with Crippen LogP contribution in [0.2, 0.25) is 0 Å². The predicted molar refractivity (Wildman–Crippen MR) is 77.0 cm³/mol. The van der Waals surface area contributed by atoms with Gasteiger partial charge >= 0.3 is 5.69 Å². The van der Waals surface area contributed by atoms with E-state index >= 15 is 0 Å². The third-order valence-corrected chi connectivity index (χ3v) is 4.85. The van der Waals surface area contributed by atoms with Crippen molar-refractivity contribution < 1.29 is 17.7 Å². The molecule has 118 valence electrons. The van der Waals surface area contributed by atoms with Crippen molar-refractivity contribution in [2.24, 2.45) is 11.8 Å². The van der Waals surface area contributed by atoms with E-state index in [4.69, 9.17) is 0 Å². The summed E-state index contributed by atoms with van der Waals surface area (Å²) < 4.78 is 40.3. The zero-order valence-corrected chi connectivity index (χ0v) is 13.2. The Balaban J connectivity index is 3.12. The smallest absolute Gasteiger partial charge is 0.258 e. The van der Waals surface area contributed by atoms with Crippen LogP contribution in [0.5, 0.6) is 0 Å². The van der Waals surface area contributed by atoms with Gasteiger partial charge < -0.3 is 0 Å². The van der Waals surface area contributed by atoms with E-state index in [-0.39, 0.29) is 28.8 Å². The van der Waals surface area contributed by atoms with E-state index in [9.17, 15) is 22.9 Å². The van der Waals surface area contributed by atoms with Crippen molar-refractivity contribution in [2.45, 2.75) is 32.6 Å². The molecular formula is C13H19FN2O4S. The Morgan fingerprint density at radius 2 is 1.90 bits per heavy atom. The summed E-state index contributed by atoms with van der Waals surface area (Å²) in [6, 6.07) is 1.83. The molecule has 0 spiro atoms. The van der Waals surface area contributed by atoms with Crippen molar-refractivity contribution in [1.29, 1.82) is 0 Å². The van der Waals surface area contributed by atoms with Crippen LogP contribution in [0.3, 0.4) is 0 Å². The first-order chi connectivity index (χ1) is 9.56. The average molecular weight is 318 g/mol. The summed E-state index contributed by atoms with van der Waals surface area (Å²) in [6.45, 7) is 7.32. The highest BCUT2D eigenvalue weighted by atomic mass is 32.2. The average Bonchev–Trinajstić information content (AvgIpc) is 2.38. The maximum absolute atomic E-state index is 13.6. The zero-order valence-electron chi connectivity index (χ0n) is 12.4. The van der Waals surface area contributed by atoms with Gasteiger partial charge in [0.15, 0.2) is 0 Å². The quantitative estimate of drug-likeness (QED) is 0.645. The van der Waals surface area contributed by atoms with Crippen molar-refractivity contribution in [1.82, 2.24) is 4.72 Å². The van der Waals surface area contributed by atoms with E-state index in [1.165, 1.54) is 6.92 Å². The fourth-order valence-electron chi connectivity index (χ4n) is 1.57. The molecule has 1 aromatic carbocycles. The summed E-state index contributed by atoms with van der Waals surface area (Å²) in [7, 11) is -3.91. The summed E-state index contributed by atoms with van der Waals surface area (Å²) in [5.74, 6) is -0.622. The normalized spacial score (nSPS) is 13.4. The molecule has 0 heterocycles. The predicted octanol–water partition coefficient (Wildman–Crippen LogP) is 2.61. The highest BCUT2D eigenvalue weighted by molar-refractivity contribution is 7.89. The Morgan fingerprint density at radius 1 is 1.33 bits per heavy atom. The second-order valence-electron chi connectivity index (χ2n) is 5.40. The van der Waals surface area contributed by atoms with Gasteiger partial charge in [0, 0.05) is 12.6 Å². The standard InChI is InChI=1S/C13H19FN2O4S/c1-8(2)10(4)7-15-21(19,20)11-5-9(3)13(14)12(6-11)16(17)18/h5-6,8,10,15H,7H2,1-4H3. The van der Waals surface area contributed by atoms with Crippen LogP contribution >= 0.6 is 0 Å². The second kappa shape index (κ2) is 6.48. The lowest BCUT2D eigenvalue weighted by Gasteiger charge is -2.16. The summed E-state index contributed by atoms with van der Waals surface area (Å²) in [5.41, 5.74) is -0.922. The van der Waals surface area contributed by atoms with Gasteiger partial charge in [0.05, 0.1) is 9.82 Å². The SMILES string of the molecule is Cc1cc(S(=O)(=O)NCC(C)C(C)C)cc([N+](=O)[O-])c1F. The molecule has 6 nitrogen and oxygen atoms in total. The molecule has 1 atom stereocenters. The number of hydrogen-bond acceptors (Lipinski definition) is 4. The molecule has 21 heavy (non-hydrogen) atoms. The van der Waals surface area contributed by atoms with Gasteiger partial charge in [-0.05, 0) is 30.4 Å². The number of aryl methyl sites for hydroxylation is 1. The number of sulfonamides is 1. The van der Waals surface area contributed by atoms with Gasteiger partial charge in [-0.1, -0.05) is 20.8 Å². The van der Waals surface area contributed by atoms with Gasteiger partial charge in [-0.2, -0.15) is 4.39 Å². The lowest BCUT2D eigenvalue weighted by atomic mass is 9.99. The largest absolute Gasteiger partial charge is 0.306 e. The molecule has 1 aromatic rings. The molecule has 0 aliphatic carbocycles. The van der Waals surface area contributed by atoms with Crippen molar-refractivity contribution in [3.8, 4) is 0 Å². The van der Waals surface area contributed by atoms with Crippen molar-refractivity contribution >= 4 is 15.7 Å². The lowest BCUT2D eigenvalue weighted by Crippen LogP contribution is -2.30. The highest BCUT2D eigenvalue weighted by Gasteiger charge is 2.24. The van der Waals surface area contributed by atoms with Crippen LogP contribution in [-0.4, -0.2) is 19.9 Å². The first-order valence-electron chi connectivity index (χ1n) is 6.50. The van der Waals surface area contributed by atoms with Crippen LogP contribution in [0.4, 0.5) is 10.1 Å². The lowest BCUT2D eigenvalue weighted by molar-refractivity contribution is -0.387. The Labute approximate surface area is 123 Å². The van der Waals surface area contributed by atoms with Crippen LogP contribution < -0.4 is 4.72 Å². The van der Waals surface area contributed by atoms with Gasteiger partial charge in [-0.3, -0.25) is 10.1 Å². The van der Waals surface area contributed by atoms with E-state index < -0.39 is 26.5 Å². The van der Waals surface area contributed by atoms with Gasteiger partial charge in [-0.25, -0.2) is 13.1 Å². The molecule has 0 aliphatic heterocycles. The van der Waals surface area contributed by atoms with E-state index in [1.807, 2.05) is 20.8 Å². The van der Waals surface area contributed by atoms with Gasteiger partial charge in [0.1, 0.15) is 0 Å². The van der Waals surface area contributed by atoms with Crippen LogP contribution in [0.1, 0.15) is 26.3 Å². The number of nitrogens with one attached hydrogen (secondary N) is 1. The number of benzene rings is 1. The summed E-state index contributed by atoms with van der Waals surface area (Å²) in [4.78, 5) is 9.52. The first kappa shape index (κ1) is 17.5. The fourth-order valence-corrected chi connectivity index (χ4v) is 2.81. The number of nitro benzene ring substituents is 1. The Morgan fingerprint density at radius 3 is 2.38 bits per heavy atom. The third-order valence-electron chi connectivity index (χ3n) is 3.45. The van der Waals surface area contributed by atoms with Gasteiger partial charge in [0.2, 0.25) is 15.8 Å². The minimum Gasteiger partial charge on any atom is -0.258 e. The van der Waals surface area contributed by atoms with E-state index in [1.54, 1.807) is 0 Å². The third kappa shape index (κ3) is 4.21. The molecule has 1 N–H and O–H groups in total. The van der Waals surface area contributed by atoms with Crippen molar-refractivity contribution in [3.05, 3.63) is 33.6 Å². The van der Waals surface area contributed by atoms with Gasteiger partial charge in [0.25, 0.3) is 0 Å². The summed E-state index contributed by atoms with van der Waals surface area (Å²) in [6.07, 6.45) is 0. The maximum Gasteiger partial charge on any atom is 0.306 e. The number of halogens is 1. The Bertz CT molecular complexity index is 644. The topological polar surface area (TPSA) is 89.3 Å². The van der Waals surface area contributed by atoms with E-state index in [0.717, 1.165) is 12.1 Å². The minimum absolute atomic E-state index is 0.0820. The maximum atomic E-state index is 13.6. The summed E-state index contributed by atoms with van der Waals surface area (Å²) in [5, 5.41) is 10.8. The highest BCUT2D eigenvalue weighted by Crippen LogP contribution is 2.25. The molecule has 1 rings (SSSR count). The monoisotopic (exact) mass is 318 g/mol. The molecule has 0 aliphatic rings. The molecule has 8 heteroatoms. The number of nitrogens with zero attached hydrogens (tertiary/aromatic N) is 1. The van der Waals surface area contributed by atoms with Crippen LogP contribution in [0.25, 0.3) is 0 Å². The molecule has 1 unspecified atom stereocenters. The molecular weight excluding hydrogens is 299 g/mol. The molecule has 0 bridgehead atoms. The summed E-state index contributed by atoms with van der Waals surface area (Å²) >= 11 is 0. The first-order valence-corrected chi connectivity index (χ1v) is 7.98. The molecule has 0 fully saturated rings. The Hall–Kier alpha value is -1.54. The Kier molecular flexibility index (Phi) is 5.41. The van der Waals surface area contributed by atoms with E-state index in [0.29, 0.717) is 0 Å². The molecule has 0 aromatic heterocycles.